The second-order valence-corrected chi connectivity index (χ2v) is 8.52. The smallest absolute Gasteiger partial charge is 0.261 e. The summed E-state index contributed by atoms with van der Waals surface area (Å²) in [5.74, 6) is 1.85. The van der Waals surface area contributed by atoms with Crippen molar-refractivity contribution in [1.29, 1.82) is 0 Å². The maximum atomic E-state index is 12.6. The van der Waals surface area contributed by atoms with E-state index >= 15 is 0 Å². The van der Waals surface area contributed by atoms with Crippen molar-refractivity contribution >= 4 is 27.3 Å². The Morgan fingerprint density at radius 2 is 1.88 bits per heavy atom. The molecule has 0 spiro atoms. The molecule has 7 heteroatoms. The Balaban J connectivity index is 1.55. The summed E-state index contributed by atoms with van der Waals surface area (Å²) < 4.78 is 33.5. The minimum absolute atomic E-state index is 0.177. The second-order valence-electron chi connectivity index (χ2n) is 6.43. The van der Waals surface area contributed by atoms with Crippen LogP contribution in [-0.2, 0) is 10.0 Å². The molecule has 5 nitrogen and oxygen atoms in total. The summed E-state index contributed by atoms with van der Waals surface area (Å²) in [5.41, 5.74) is 2.07. The first-order valence-corrected chi connectivity index (χ1v) is 10.1. The average Bonchev–Trinajstić information content (AvgIpc) is 3.35. The molecule has 1 fully saturated rings. The number of aromatic nitrogens is 1. The Bertz CT molecular complexity index is 1050. The molecular weight excluding hydrogens is 372 g/mol. The van der Waals surface area contributed by atoms with Crippen LogP contribution in [0, 0.1) is 6.92 Å². The molecule has 134 valence electrons. The third kappa shape index (κ3) is 3.48. The number of aryl methyl sites for hydroxylation is 1. The van der Waals surface area contributed by atoms with E-state index < -0.39 is 10.0 Å². The summed E-state index contributed by atoms with van der Waals surface area (Å²) in [5, 5.41) is 0.593. The second kappa shape index (κ2) is 6.45. The van der Waals surface area contributed by atoms with Crippen molar-refractivity contribution in [2.75, 3.05) is 4.72 Å². The van der Waals surface area contributed by atoms with E-state index in [9.17, 15) is 8.42 Å². The van der Waals surface area contributed by atoms with Gasteiger partial charge in [-0.3, -0.25) is 4.72 Å². The van der Waals surface area contributed by atoms with Crippen molar-refractivity contribution in [2.45, 2.75) is 30.6 Å². The maximum absolute atomic E-state index is 12.6. The molecule has 0 atom stereocenters. The number of hydrogen-bond donors (Lipinski definition) is 1. The van der Waals surface area contributed by atoms with Crippen LogP contribution < -0.4 is 4.72 Å². The Hall–Kier alpha value is -2.31. The Morgan fingerprint density at radius 3 is 2.54 bits per heavy atom. The van der Waals surface area contributed by atoms with Gasteiger partial charge in [-0.2, -0.15) is 0 Å². The van der Waals surface area contributed by atoms with Crippen molar-refractivity contribution < 1.29 is 12.8 Å². The Labute approximate surface area is 157 Å². The maximum Gasteiger partial charge on any atom is 0.261 e. The highest BCUT2D eigenvalue weighted by Crippen LogP contribution is 2.40. The predicted molar refractivity (Wildman–Crippen MR) is 101 cm³/mol. The van der Waals surface area contributed by atoms with Gasteiger partial charge in [0.05, 0.1) is 11.1 Å². The minimum atomic E-state index is -3.68. The lowest BCUT2D eigenvalue weighted by Gasteiger charge is -2.09. The molecule has 0 unspecified atom stereocenters. The van der Waals surface area contributed by atoms with Gasteiger partial charge in [0.2, 0.25) is 0 Å². The molecule has 2 aromatic carbocycles. The van der Waals surface area contributed by atoms with Crippen molar-refractivity contribution in [1.82, 2.24) is 4.98 Å². The van der Waals surface area contributed by atoms with Crippen LogP contribution in [0.4, 0.5) is 5.69 Å². The van der Waals surface area contributed by atoms with Crippen LogP contribution in [0.2, 0.25) is 5.02 Å². The largest absolute Gasteiger partial charge is 0.440 e. The number of oxazole rings is 1. The number of rotatable bonds is 5. The summed E-state index contributed by atoms with van der Waals surface area (Å²) in [6.45, 7) is 1.82. The summed E-state index contributed by atoms with van der Waals surface area (Å²) in [6, 6.07) is 11.5. The van der Waals surface area contributed by atoms with Gasteiger partial charge in [0, 0.05) is 22.2 Å². The van der Waals surface area contributed by atoms with Gasteiger partial charge < -0.3 is 4.42 Å². The molecule has 1 saturated carbocycles. The van der Waals surface area contributed by atoms with Crippen LogP contribution in [0.1, 0.15) is 30.2 Å². The molecule has 0 saturated heterocycles. The molecular formula is C19H17ClN2O3S. The molecule has 3 aromatic rings. The number of anilines is 1. The first-order valence-electron chi connectivity index (χ1n) is 8.27. The first kappa shape index (κ1) is 17.1. The third-order valence-corrected chi connectivity index (χ3v) is 6.13. The van der Waals surface area contributed by atoms with Crippen molar-refractivity contribution in [3.05, 3.63) is 65.1 Å². The van der Waals surface area contributed by atoms with Gasteiger partial charge in [-0.05, 0) is 67.8 Å². The van der Waals surface area contributed by atoms with E-state index in [1.807, 2.05) is 6.92 Å². The molecule has 1 heterocycles. The predicted octanol–water partition coefficient (Wildman–Crippen LogP) is 4.98. The van der Waals surface area contributed by atoms with Crippen molar-refractivity contribution in [3.8, 4) is 11.3 Å². The highest BCUT2D eigenvalue weighted by Gasteiger charge is 2.28. The fraction of sp³-hybridized carbons (Fsp3) is 0.211. The topological polar surface area (TPSA) is 72.2 Å². The number of benzene rings is 2. The van der Waals surface area contributed by atoms with Crippen LogP contribution >= 0.6 is 11.6 Å². The highest BCUT2D eigenvalue weighted by molar-refractivity contribution is 7.92. The number of halogens is 1. The third-order valence-electron chi connectivity index (χ3n) is 4.31. The van der Waals surface area contributed by atoms with Crippen LogP contribution in [0.15, 0.2) is 58.0 Å². The quantitative estimate of drug-likeness (QED) is 0.668. The van der Waals surface area contributed by atoms with Gasteiger partial charge in [-0.25, -0.2) is 13.4 Å². The summed E-state index contributed by atoms with van der Waals surface area (Å²) in [4.78, 5) is 4.47. The molecule has 26 heavy (non-hydrogen) atoms. The molecule has 0 amide bonds. The zero-order chi connectivity index (χ0) is 18.3. The van der Waals surface area contributed by atoms with E-state index in [2.05, 4.69) is 9.71 Å². The van der Waals surface area contributed by atoms with Gasteiger partial charge in [0.25, 0.3) is 10.0 Å². The van der Waals surface area contributed by atoms with Crippen molar-refractivity contribution in [3.63, 3.8) is 0 Å². The summed E-state index contributed by atoms with van der Waals surface area (Å²) >= 11 is 5.98. The zero-order valence-corrected chi connectivity index (χ0v) is 15.6. The van der Waals surface area contributed by atoms with Gasteiger partial charge in [0.15, 0.2) is 11.7 Å². The monoisotopic (exact) mass is 388 g/mol. The summed E-state index contributed by atoms with van der Waals surface area (Å²) in [6.07, 6.45) is 3.92. The van der Waals surface area contributed by atoms with Gasteiger partial charge in [0.1, 0.15) is 0 Å². The molecule has 0 aliphatic heterocycles. The molecule has 0 radical (unpaired) electrons. The van der Waals surface area contributed by atoms with Crippen molar-refractivity contribution in [2.24, 2.45) is 0 Å². The van der Waals surface area contributed by atoms with Gasteiger partial charge in [-0.15, -0.1) is 0 Å². The fourth-order valence-electron chi connectivity index (χ4n) is 2.66. The molecule has 1 N–H and O–H groups in total. The number of hydrogen-bond acceptors (Lipinski definition) is 4. The molecule has 4 rings (SSSR count). The summed E-state index contributed by atoms with van der Waals surface area (Å²) in [7, 11) is -3.68. The van der Waals surface area contributed by atoms with E-state index in [1.54, 1.807) is 48.7 Å². The van der Waals surface area contributed by atoms with Gasteiger partial charge in [-0.1, -0.05) is 11.6 Å². The lowest BCUT2D eigenvalue weighted by atomic mass is 10.2. The number of nitrogens with one attached hydrogen (secondary N) is 1. The van der Waals surface area contributed by atoms with E-state index in [4.69, 9.17) is 16.0 Å². The van der Waals surface area contributed by atoms with E-state index in [1.165, 1.54) is 0 Å². The van der Waals surface area contributed by atoms with E-state index in [0.29, 0.717) is 22.4 Å². The fourth-order valence-corrected chi connectivity index (χ4v) is 3.83. The average molecular weight is 389 g/mol. The molecule has 1 aromatic heterocycles. The minimum Gasteiger partial charge on any atom is -0.440 e. The molecule has 0 bridgehead atoms. The number of sulfonamides is 1. The van der Waals surface area contributed by atoms with E-state index in [-0.39, 0.29) is 4.90 Å². The lowest BCUT2D eigenvalue weighted by molar-refractivity contribution is 0.509. The lowest BCUT2D eigenvalue weighted by Crippen LogP contribution is -2.12. The number of nitrogens with zero attached hydrogens (tertiary/aromatic N) is 1. The molecule has 1 aliphatic carbocycles. The Morgan fingerprint density at radius 1 is 1.15 bits per heavy atom. The highest BCUT2D eigenvalue weighted by atomic mass is 35.5. The SMILES string of the molecule is Cc1cc(NS(=O)(=O)c2ccc(-c3cnc(C4CC4)o3)cc2)ccc1Cl. The zero-order valence-electron chi connectivity index (χ0n) is 14.1. The van der Waals surface area contributed by atoms with Crippen LogP contribution in [-0.4, -0.2) is 13.4 Å². The van der Waals surface area contributed by atoms with Crippen LogP contribution in [0.3, 0.4) is 0 Å². The van der Waals surface area contributed by atoms with E-state index in [0.717, 1.165) is 29.9 Å². The van der Waals surface area contributed by atoms with Crippen LogP contribution in [0.5, 0.6) is 0 Å². The van der Waals surface area contributed by atoms with Gasteiger partial charge >= 0.3 is 0 Å². The molecule has 1 aliphatic rings. The Kier molecular flexibility index (Phi) is 4.25. The van der Waals surface area contributed by atoms with Crippen LogP contribution in [0.25, 0.3) is 11.3 Å². The normalized spacial score (nSPS) is 14.4. The first-order chi connectivity index (χ1) is 12.4. The standard InChI is InChI=1S/C19H17ClN2O3S/c1-12-10-15(6-9-17(12)20)22-26(23,24)16-7-4-13(5-8-16)18-11-21-19(25-18)14-2-3-14/h4-11,14,22H,2-3H2,1H3.